The van der Waals surface area contributed by atoms with Gasteiger partial charge in [0.05, 0.1) is 0 Å². The van der Waals surface area contributed by atoms with E-state index in [9.17, 15) is 4.79 Å². The number of carbonyl (C=O) groups is 1. The van der Waals surface area contributed by atoms with Crippen LogP contribution in [0.2, 0.25) is 0 Å². The molecule has 1 heterocycles. The molecule has 12 heavy (non-hydrogen) atoms. The monoisotopic (exact) mass is 164 g/mol. The highest BCUT2D eigenvalue weighted by atomic mass is 16.1. The molecule has 0 bridgehead atoms. The molecule has 1 N–H and O–H groups in total. The Balaban J connectivity index is 2.38. The van der Waals surface area contributed by atoms with Gasteiger partial charge in [0.2, 0.25) is 0 Å². The van der Waals surface area contributed by atoms with Gasteiger partial charge in [-0.05, 0) is 25.2 Å². The number of rotatable bonds is 1. The molecule has 2 rings (SSSR count). The smallest absolute Gasteiger partial charge is 0.170 e. The lowest BCUT2D eigenvalue weighted by Gasteiger charge is -2.16. The second-order valence-electron chi connectivity index (χ2n) is 3.53. The molecule has 3 heteroatoms. The quantitative estimate of drug-likeness (QED) is 0.637. The molecule has 0 aliphatic heterocycles. The molecule has 1 aromatic rings. The van der Waals surface area contributed by atoms with Crippen molar-refractivity contribution < 1.29 is 4.79 Å². The maximum absolute atomic E-state index is 10.5. The Morgan fingerprint density at radius 1 is 1.67 bits per heavy atom. The van der Waals surface area contributed by atoms with E-state index in [0.29, 0.717) is 5.69 Å². The third-order valence-corrected chi connectivity index (χ3v) is 2.54. The molecule has 1 aromatic heterocycles. The Bertz CT molecular complexity index is 303. The van der Waals surface area contributed by atoms with Gasteiger partial charge in [-0.25, -0.2) is 0 Å². The molecule has 1 atom stereocenters. The highest BCUT2D eigenvalue weighted by Gasteiger charge is 2.20. The van der Waals surface area contributed by atoms with Gasteiger partial charge >= 0.3 is 0 Å². The molecule has 0 fully saturated rings. The summed E-state index contributed by atoms with van der Waals surface area (Å²) >= 11 is 0. The molecule has 0 radical (unpaired) electrons. The van der Waals surface area contributed by atoms with Gasteiger partial charge in [-0.1, -0.05) is 6.92 Å². The number of carbonyl (C=O) groups excluding carboxylic acids is 1. The van der Waals surface area contributed by atoms with Crippen molar-refractivity contribution in [3.05, 3.63) is 17.0 Å². The van der Waals surface area contributed by atoms with E-state index in [2.05, 4.69) is 17.1 Å². The minimum atomic E-state index is 0.608. The average Bonchev–Trinajstić information content (AvgIpc) is 2.46. The van der Waals surface area contributed by atoms with Gasteiger partial charge in [0.1, 0.15) is 5.69 Å². The lowest BCUT2D eigenvalue weighted by atomic mass is 9.88. The van der Waals surface area contributed by atoms with Crippen LogP contribution < -0.4 is 0 Å². The fraction of sp³-hybridized carbons (Fsp3) is 0.556. The number of hydrogen-bond acceptors (Lipinski definition) is 2. The first-order chi connectivity index (χ1) is 5.81. The van der Waals surface area contributed by atoms with Crippen LogP contribution in [0.4, 0.5) is 0 Å². The fourth-order valence-electron chi connectivity index (χ4n) is 1.80. The summed E-state index contributed by atoms with van der Waals surface area (Å²) in [5.74, 6) is 0.720. The molecular formula is C9H12N2O. The molecule has 0 spiro atoms. The van der Waals surface area contributed by atoms with E-state index in [-0.39, 0.29) is 0 Å². The molecule has 0 saturated carbocycles. The lowest BCUT2D eigenvalue weighted by molar-refractivity contribution is 0.111. The third kappa shape index (κ3) is 1.05. The topological polar surface area (TPSA) is 45.8 Å². The third-order valence-electron chi connectivity index (χ3n) is 2.54. The fourth-order valence-corrected chi connectivity index (χ4v) is 1.80. The van der Waals surface area contributed by atoms with Crippen molar-refractivity contribution in [3.63, 3.8) is 0 Å². The summed E-state index contributed by atoms with van der Waals surface area (Å²) in [5.41, 5.74) is 2.91. The van der Waals surface area contributed by atoms with Gasteiger partial charge in [0, 0.05) is 11.3 Å². The van der Waals surface area contributed by atoms with Crippen molar-refractivity contribution in [3.8, 4) is 0 Å². The van der Waals surface area contributed by atoms with E-state index in [4.69, 9.17) is 0 Å². The number of nitrogens with zero attached hydrogens (tertiary/aromatic N) is 1. The van der Waals surface area contributed by atoms with Crippen LogP contribution in [0.1, 0.15) is 35.1 Å². The van der Waals surface area contributed by atoms with E-state index < -0.39 is 0 Å². The van der Waals surface area contributed by atoms with Crippen molar-refractivity contribution in [2.75, 3.05) is 0 Å². The van der Waals surface area contributed by atoms with E-state index in [1.165, 1.54) is 6.42 Å². The number of fused-ring (bicyclic) bond motifs is 1. The highest BCUT2D eigenvalue weighted by Crippen LogP contribution is 2.24. The second-order valence-corrected chi connectivity index (χ2v) is 3.53. The number of H-pyrrole nitrogens is 1. The van der Waals surface area contributed by atoms with Gasteiger partial charge in [-0.2, -0.15) is 5.10 Å². The molecular weight excluding hydrogens is 152 g/mol. The molecule has 0 amide bonds. The minimum absolute atomic E-state index is 0.608. The van der Waals surface area contributed by atoms with Crippen LogP contribution in [-0.4, -0.2) is 16.5 Å². The lowest BCUT2D eigenvalue weighted by Crippen LogP contribution is -2.11. The first kappa shape index (κ1) is 7.53. The van der Waals surface area contributed by atoms with Crippen molar-refractivity contribution in [1.82, 2.24) is 10.2 Å². The predicted octanol–water partition coefficient (Wildman–Crippen LogP) is 1.35. The minimum Gasteiger partial charge on any atom is -0.296 e. The molecule has 3 nitrogen and oxygen atoms in total. The summed E-state index contributed by atoms with van der Waals surface area (Å²) in [4.78, 5) is 10.5. The molecule has 1 aliphatic rings. The number of aromatic nitrogens is 2. The van der Waals surface area contributed by atoms with Gasteiger partial charge in [0.15, 0.2) is 6.29 Å². The Kier molecular flexibility index (Phi) is 1.71. The van der Waals surface area contributed by atoms with Gasteiger partial charge in [-0.15, -0.1) is 0 Å². The van der Waals surface area contributed by atoms with E-state index in [1.54, 1.807) is 0 Å². The van der Waals surface area contributed by atoms with Crippen LogP contribution in [0.15, 0.2) is 0 Å². The van der Waals surface area contributed by atoms with Crippen LogP contribution in [0.25, 0.3) is 0 Å². The summed E-state index contributed by atoms with van der Waals surface area (Å²) in [5, 5.41) is 6.88. The summed E-state index contributed by atoms with van der Waals surface area (Å²) in [7, 11) is 0. The predicted molar refractivity (Wildman–Crippen MR) is 45.2 cm³/mol. The second kappa shape index (κ2) is 2.73. The van der Waals surface area contributed by atoms with E-state index in [1.807, 2.05) is 0 Å². The number of aldehydes is 1. The van der Waals surface area contributed by atoms with Gasteiger partial charge in [-0.3, -0.25) is 9.89 Å². The van der Waals surface area contributed by atoms with Crippen LogP contribution in [0.3, 0.4) is 0 Å². The zero-order valence-electron chi connectivity index (χ0n) is 7.13. The Morgan fingerprint density at radius 2 is 2.50 bits per heavy atom. The number of aromatic amines is 1. The molecule has 0 saturated heterocycles. The zero-order chi connectivity index (χ0) is 8.55. The Hall–Kier alpha value is -1.12. The first-order valence-corrected chi connectivity index (χ1v) is 4.32. The summed E-state index contributed by atoms with van der Waals surface area (Å²) in [6.45, 7) is 2.23. The zero-order valence-corrected chi connectivity index (χ0v) is 7.13. The van der Waals surface area contributed by atoms with Gasteiger partial charge < -0.3 is 0 Å². The number of nitrogens with one attached hydrogen (secondary N) is 1. The Labute approximate surface area is 71.2 Å². The molecule has 64 valence electrons. The number of hydrogen-bond donors (Lipinski definition) is 1. The van der Waals surface area contributed by atoms with E-state index >= 15 is 0 Å². The standard InChI is InChI=1S/C9H12N2O/c1-6-2-3-7-8(4-6)10-11-9(7)5-12/h5-6H,2-4H2,1H3,(H,10,11). The summed E-state index contributed by atoms with van der Waals surface area (Å²) in [6.07, 6.45) is 4.05. The molecule has 0 aromatic carbocycles. The summed E-state index contributed by atoms with van der Waals surface area (Å²) < 4.78 is 0. The normalized spacial score (nSPS) is 21.9. The first-order valence-electron chi connectivity index (χ1n) is 4.32. The van der Waals surface area contributed by atoms with Crippen molar-refractivity contribution in [2.24, 2.45) is 5.92 Å². The maximum Gasteiger partial charge on any atom is 0.170 e. The SMILES string of the molecule is CC1CCc2c(C=O)n[nH]c2C1. The van der Waals surface area contributed by atoms with Crippen LogP contribution >= 0.6 is 0 Å². The molecule has 1 aliphatic carbocycles. The largest absolute Gasteiger partial charge is 0.296 e. The van der Waals surface area contributed by atoms with Crippen LogP contribution in [-0.2, 0) is 12.8 Å². The van der Waals surface area contributed by atoms with Crippen LogP contribution in [0.5, 0.6) is 0 Å². The van der Waals surface area contributed by atoms with Crippen molar-refractivity contribution in [1.29, 1.82) is 0 Å². The van der Waals surface area contributed by atoms with Crippen LogP contribution in [0, 0.1) is 5.92 Å². The average molecular weight is 164 g/mol. The molecule has 1 unspecified atom stereocenters. The maximum atomic E-state index is 10.5. The summed E-state index contributed by atoms with van der Waals surface area (Å²) in [6, 6.07) is 0. The van der Waals surface area contributed by atoms with Crippen molar-refractivity contribution in [2.45, 2.75) is 26.2 Å². The Morgan fingerprint density at radius 3 is 3.25 bits per heavy atom. The van der Waals surface area contributed by atoms with Crippen molar-refractivity contribution >= 4 is 6.29 Å². The van der Waals surface area contributed by atoms with E-state index in [0.717, 1.165) is 36.3 Å². The van der Waals surface area contributed by atoms with Gasteiger partial charge in [0.25, 0.3) is 0 Å². The highest BCUT2D eigenvalue weighted by molar-refractivity contribution is 5.74.